The number of aliphatic hydroxyl groups excluding tert-OH is 3. The number of hydrogen-bond acceptors (Lipinski definition) is 7. The molecule has 136 valence electrons. The van der Waals surface area contributed by atoms with Crippen molar-refractivity contribution in [2.75, 3.05) is 13.7 Å². The first-order valence-corrected chi connectivity index (χ1v) is 8.50. The number of likely N-dealkylation sites (N-methyl/N-ethyl adjacent to an activating group) is 1. The fraction of sp³-hybridized carbons (Fsp3) is 0.938. The van der Waals surface area contributed by atoms with E-state index < -0.39 is 42.5 Å². The van der Waals surface area contributed by atoms with Gasteiger partial charge in [-0.15, -0.1) is 0 Å². The van der Waals surface area contributed by atoms with Crippen LogP contribution in [-0.4, -0.2) is 70.0 Å². The van der Waals surface area contributed by atoms with Gasteiger partial charge in [-0.05, 0) is 13.5 Å². The molecule has 1 heterocycles. The summed E-state index contributed by atoms with van der Waals surface area (Å²) in [6, 6.07) is -1.15. The van der Waals surface area contributed by atoms with Gasteiger partial charge in [-0.2, -0.15) is 0 Å². The van der Waals surface area contributed by atoms with E-state index in [2.05, 4.69) is 12.2 Å². The lowest BCUT2D eigenvalue weighted by molar-refractivity contribution is -0.302. The van der Waals surface area contributed by atoms with Crippen molar-refractivity contribution in [1.29, 1.82) is 0 Å². The first kappa shape index (κ1) is 20.5. The third kappa shape index (κ3) is 4.95. The first-order chi connectivity index (χ1) is 10.9. The molecule has 1 saturated heterocycles. The number of hydrogen-bond donors (Lipinski definition) is 5. The van der Waals surface area contributed by atoms with E-state index >= 15 is 0 Å². The van der Waals surface area contributed by atoms with Gasteiger partial charge in [-0.1, -0.05) is 39.0 Å². The SMILES string of the molecule is CCCCCCCCC(=O)C1(O)O[C@H](CO)[C@@H](O)[C@H](O)[C@H]1NC. The van der Waals surface area contributed by atoms with E-state index in [1.54, 1.807) is 0 Å². The third-order valence-electron chi connectivity index (χ3n) is 4.47. The molecule has 0 amide bonds. The smallest absolute Gasteiger partial charge is 0.245 e. The Morgan fingerprint density at radius 3 is 2.30 bits per heavy atom. The van der Waals surface area contributed by atoms with Crippen molar-refractivity contribution < 1.29 is 30.0 Å². The molecule has 23 heavy (non-hydrogen) atoms. The molecule has 5 N–H and O–H groups in total. The fourth-order valence-corrected chi connectivity index (χ4v) is 3.02. The summed E-state index contributed by atoms with van der Waals surface area (Å²) in [5.41, 5.74) is 0. The molecule has 7 nitrogen and oxygen atoms in total. The standard InChI is InChI=1S/C16H31NO6/c1-3-4-5-6-7-8-9-12(19)16(22)15(17-2)14(21)13(20)11(10-18)23-16/h11,13-15,17-18,20-22H,3-10H2,1-2H3/t11-,13-,14+,15-,16?/m1/s1. The molecule has 1 aliphatic heterocycles. The van der Waals surface area contributed by atoms with E-state index in [1.807, 2.05) is 0 Å². The average Bonchev–Trinajstić information content (AvgIpc) is 2.54. The molecule has 1 rings (SSSR count). The number of nitrogens with one attached hydrogen (secondary N) is 1. The molecule has 7 heteroatoms. The molecule has 0 spiro atoms. The van der Waals surface area contributed by atoms with Gasteiger partial charge in [-0.3, -0.25) is 4.79 Å². The van der Waals surface area contributed by atoms with Crippen LogP contribution in [0.25, 0.3) is 0 Å². The molecule has 1 aliphatic rings. The maximum atomic E-state index is 12.4. The zero-order valence-electron chi connectivity index (χ0n) is 14.1. The molecular formula is C16H31NO6. The van der Waals surface area contributed by atoms with E-state index in [9.17, 15) is 25.2 Å². The van der Waals surface area contributed by atoms with E-state index in [1.165, 1.54) is 13.5 Å². The largest absolute Gasteiger partial charge is 0.394 e. The lowest BCUT2D eigenvalue weighted by Gasteiger charge is -2.46. The number of Topliss-reactive ketones (excluding diaryl/α,β-unsaturated/α-hetero) is 1. The zero-order chi connectivity index (χ0) is 17.5. The van der Waals surface area contributed by atoms with Gasteiger partial charge in [0, 0.05) is 6.42 Å². The molecular weight excluding hydrogens is 302 g/mol. The minimum Gasteiger partial charge on any atom is -0.394 e. The van der Waals surface area contributed by atoms with Crippen LogP contribution in [0.1, 0.15) is 51.9 Å². The molecule has 0 aromatic rings. The number of aliphatic hydroxyl groups is 4. The van der Waals surface area contributed by atoms with Gasteiger partial charge in [0.1, 0.15) is 18.3 Å². The Hall–Kier alpha value is -0.570. The van der Waals surface area contributed by atoms with Gasteiger partial charge in [0.2, 0.25) is 5.79 Å². The molecule has 0 aromatic heterocycles. The molecule has 0 aromatic carbocycles. The average molecular weight is 333 g/mol. The molecule has 0 radical (unpaired) electrons. The van der Waals surface area contributed by atoms with Gasteiger partial charge in [-0.25, -0.2) is 0 Å². The van der Waals surface area contributed by atoms with Crippen molar-refractivity contribution in [1.82, 2.24) is 5.32 Å². The molecule has 5 atom stereocenters. The van der Waals surface area contributed by atoms with Crippen LogP contribution in [0, 0.1) is 0 Å². The molecule has 0 aliphatic carbocycles. The number of rotatable bonds is 10. The van der Waals surface area contributed by atoms with Crippen LogP contribution in [-0.2, 0) is 9.53 Å². The Kier molecular flexibility index (Phi) is 8.60. The number of carbonyl (C=O) groups is 1. The second kappa shape index (κ2) is 9.66. The second-order valence-electron chi connectivity index (χ2n) is 6.22. The van der Waals surface area contributed by atoms with Crippen molar-refractivity contribution >= 4 is 5.78 Å². The highest BCUT2D eigenvalue weighted by Crippen LogP contribution is 2.30. The first-order valence-electron chi connectivity index (χ1n) is 8.50. The van der Waals surface area contributed by atoms with Crippen molar-refractivity contribution in [3.63, 3.8) is 0 Å². The lowest BCUT2D eigenvalue weighted by Crippen LogP contribution is -2.71. The van der Waals surface area contributed by atoms with Crippen LogP contribution >= 0.6 is 0 Å². The van der Waals surface area contributed by atoms with Crippen molar-refractivity contribution in [2.24, 2.45) is 0 Å². The van der Waals surface area contributed by atoms with E-state index in [0.717, 1.165) is 25.7 Å². The van der Waals surface area contributed by atoms with Gasteiger partial charge >= 0.3 is 0 Å². The molecule has 1 fully saturated rings. The van der Waals surface area contributed by atoms with Gasteiger partial charge in [0.15, 0.2) is 5.78 Å². The Morgan fingerprint density at radius 1 is 1.13 bits per heavy atom. The van der Waals surface area contributed by atoms with E-state index in [0.29, 0.717) is 6.42 Å². The second-order valence-corrected chi connectivity index (χ2v) is 6.22. The summed E-state index contributed by atoms with van der Waals surface area (Å²) in [5, 5.41) is 42.4. The highest BCUT2D eigenvalue weighted by atomic mass is 16.7. The Labute approximate surface area is 137 Å². The highest BCUT2D eigenvalue weighted by Gasteiger charge is 2.56. The molecule has 0 bridgehead atoms. The van der Waals surface area contributed by atoms with Crippen LogP contribution in [0.3, 0.4) is 0 Å². The summed E-state index contributed by atoms with van der Waals surface area (Å²) in [6.07, 6.45) is 2.15. The van der Waals surface area contributed by atoms with Crippen molar-refractivity contribution in [3.05, 3.63) is 0 Å². The lowest BCUT2D eigenvalue weighted by atomic mass is 9.86. The summed E-state index contributed by atoms with van der Waals surface area (Å²) in [7, 11) is 1.46. The Balaban J connectivity index is 2.63. The maximum absolute atomic E-state index is 12.4. The summed E-state index contributed by atoms with van der Waals surface area (Å²) < 4.78 is 5.25. The summed E-state index contributed by atoms with van der Waals surface area (Å²) in [6.45, 7) is 1.54. The Bertz CT molecular complexity index is 366. The predicted octanol–water partition coefficient (Wildman–Crippen LogP) is -0.304. The van der Waals surface area contributed by atoms with Gasteiger partial charge < -0.3 is 30.5 Å². The summed E-state index contributed by atoms with van der Waals surface area (Å²) in [5.74, 6) is -2.79. The molecule has 0 saturated carbocycles. The van der Waals surface area contributed by atoms with Crippen LogP contribution in [0.2, 0.25) is 0 Å². The number of ether oxygens (including phenoxy) is 1. The van der Waals surface area contributed by atoms with Crippen LogP contribution in [0.15, 0.2) is 0 Å². The van der Waals surface area contributed by atoms with Crippen molar-refractivity contribution in [2.45, 2.75) is 82.0 Å². The number of ketones is 1. The maximum Gasteiger partial charge on any atom is 0.245 e. The van der Waals surface area contributed by atoms with E-state index in [4.69, 9.17) is 4.74 Å². The third-order valence-corrected chi connectivity index (χ3v) is 4.47. The minimum absolute atomic E-state index is 0.127. The van der Waals surface area contributed by atoms with Crippen molar-refractivity contribution in [3.8, 4) is 0 Å². The van der Waals surface area contributed by atoms with Gasteiger partial charge in [0.05, 0.1) is 12.6 Å². The summed E-state index contributed by atoms with van der Waals surface area (Å²) in [4.78, 5) is 12.4. The minimum atomic E-state index is -2.25. The zero-order valence-corrected chi connectivity index (χ0v) is 14.1. The number of carbonyl (C=O) groups excluding carboxylic acids is 1. The van der Waals surface area contributed by atoms with Crippen LogP contribution in [0.5, 0.6) is 0 Å². The highest BCUT2D eigenvalue weighted by molar-refractivity contribution is 5.86. The van der Waals surface area contributed by atoms with E-state index in [-0.39, 0.29) is 6.42 Å². The quantitative estimate of drug-likeness (QED) is 0.348. The Morgan fingerprint density at radius 2 is 1.74 bits per heavy atom. The van der Waals surface area contributed by atoms with Gasteiger partial charge in [0.25, 0.3) is 0 Å². The normalized spacial score (nSPS) is 34.5. The number of unbranched alkanes of at least 4 members (excludes halogenated alkanes) is 5. The molecule has 1 unspecified atom stereocenters. The monoisotopic (exact) mass is 333 g/mol. The fourth-order valence-electron chi connectivity index (χ4n) is 3.02. The van der Waals surface area contributed by atoms with Crippen LogP contribution < -0.4 is 5.32 Å². The van der Waals surface area contributed by atoms with Crippen LogP contribution in [0.4, 0.5) is 0 Å². The summed E-state index contributed by atoms with van der Waals surface area (Å²) >= 11 is 0. The topological polar surface area (TPSA) is 119 Å². The predicted molar refractivity (Wildman–Crippen MR) is 84.8 cm³/mol.